The van der Waals surface area contributed by atoms with Crippen LogP contribution in [0.25, 0.3) is 0 Å². The van der Waals surface area contributed by atoms with Crippen molar-refractivity contribution in [2.75, 3.05) is 6.54 Å². The summed E-state index contributed by atoms with van der Waals surface area (Å²) in [6.07, 6.45) is 1.27. The van der Waals surface area contributed by atoms with E-state index in [1.807, 2.05) is 0 Å². The van der Waals surface area contributed by atoms with E-state index in [1.54, 1.807) is 0 Å². The summed E-state index contributed by atoms with van der Waals surface area (Å²) in [6, 6.07) is 0. The van der Waals surface area contributed by atoms with Crippen LogP contribution in [0, 0.1) is 5.92 Å². The minimum atomic E-state index is 0.830. The molecule has 0 amide bonds. The van der Waals surface area contributed by atoms with Crippen molar-refractivity contribution in [2.45, 2.75) is 20.3 Å². The minimum Gasteiger partial charge on any atom is -0.261 e. The highest BCUT2D eigenvalue weighted by Gasteiger charge is 1.92. The molecule has 0 aliphatic heterocycles. The smallest absolute Gasteiger partial charge is 0.0169 e. The van der Waals surface area contributed by atoms with E-state index in [4.69, 9.17) is 0 Å². The van der Waals surface area contributed by atoms with Gasteiger partial charge in [-0.1, -0.05) is 20.3 Å². The molecular formula is C5H12IN. The molecule has 7 heavy (non-hydrogen) atoms. The predicted octanol–water partition coefficient (Wildman–Crippen LogP) is 1.97. The minimum absolute atomic E-state index is 0.830. The van der Waals surface area contributed by atoms with Gasteiger partial charge in [0.25, 0.3) is 0 Å². The van der Waals surface area contributed by atoms with E-state index in [9.17, 15) is 0 Å². The Balaban J connectivity index is 2.83. The standard InChI is InChI=1S/C5H12IN/c1-3-5(2)4-7-6/h5,7H,3-4H2,1-2H3. The van der Waals surface area contributed by atoms with E-state index in [0.717, 1.165) is 12.5 Å². The quantitative estimate of drug-likeness (QED) is 0.558. The monoisotopic (exact) mass is 213 g/mol. The lowest BCUT2D eigenvalue weighted by atomic mass is 10.1. The molecule has 1 atom stereocenters. The first kappa shape index (κ1) is 7.69. The van der Waals surface area contributed by atoms with Gasteiger partial charge in [0.2, 0.25) is 0 Å². The van der Waals surface area contributed by atoms with Gasteiger partial charge in [-0.3, -0.25) is 3.53 Å². The molecular weight excluding hydrogens is 201 g/mol. The largest absolute Gasteiger partial charge is 0.261 e. The molecule has 2 heteroatoms. The Bertz CT molecular complexity index is 39.1. The fraction of sp³-hybridized carbons (Fsp3) is 1.00. The van der Waals surface area contributed by atoms with Crippen LogP contribution < -0.4 is 3.53 Å². The lowest BCUT2D eigenvalue weighted by Gasteiger charge is -2.02. The molecule has 0 saturated carbocycles. The first-order valence-corrected chi connectivity index (χ1v) is 3.72. The second-order valence-corrected chi connectivity index (χ2v) is 2.61. The van der Waals surface area contributed by atoms with Gasteiger partial charge in [0.05, 0.1) is 0 Å². The van der Waals surface area contributed by atoms with Crippen LogP contribution in [-0.4, -0.2) is 6.54 Å². The molecule has 0 aromatic rings. The first-order chi connectivity index (χ1) is 3.31. The second-order valence-electron chi connectivity index (χ2n) is 1.85. The summed E-state index contributed by atoms with van der Waals surface area (Å²) in [6.45, 7) is 5.58. The van der Waals surface area contributed by atoms with Crippen LogP contribution in [0.3, 0.4) is 0 Å². The van der Waals surface area contributed by atoms with Crippen LogP contribution in [0.2, 0.25) is 0 Å². The average Bonchev–Trinajstić information content (AvgIpc) is 1.68. The van der Waals surface area contributed by atoms with E-state index in [1.165, 1.54) is 6.42 Å². The van der Waals surface area contributed by atoms with Crippen molar-refractivity contribution in [3.63, 3.8) is 0 Å². The van der Waals surface area contributed by atoms with E-state index in [-0.39, 0.29) is 0 Å². The van der Waals surface area contributed by atoms with Gasteiger partial charge in [0.1, 0.15) is 0 Å². The number of rotatable bonds is 3. The molecule has 0 rings (SSSR count). The van der Waals surface area contributed by atoms with E-state index >= 15 is 0 Å². The maximum absolute atomic E-state index is 3.09. The lowest BCUT2D eigenvalue weighted by Crippen LogP contribution is -2.09. The summed E-state index contributed by atoms with van der Waals surface area (Å²) in [4.78, 5) is 0. The van der Waals surface area contributed by atoms with Crippen molar-refractivity contribution >= 4 is 22.9 Å². The third-order valence-electron chi connectivity index (χ3n) is 1.12. The molecule has 0 heterocycles. The number of hydrogen-bond donors (Lipinski definition) is 1. The topological polar surface area (TPSA) is 12.0 Å². The van der Waals surface area contributed by atoms with E-state index < -0.39 is 0 Å². The first-order valence-electron chi connectivity index (χ1n) is 2.64. The van der Waals surface area contributed by atoms with Crippen molar-refractivity contribution in [1.29, 1.82) is 0 Å². The highest BCUT2D eigenvalue weighted by molar-refractivity contribution is 14.1. The molecule has 0 bridgehead atoms. The van der Waals surface area contributed by atoms with Crippen LogP contribution in [0.15, 0.2) is 0 Å². The van der Waals surface area contributed by atoms with Crippen LogP contribution in [-0.2, 0) is 0 Å². The van der Waals surface area contributed by atoms with Crippen LogP contribution in [0.1, 0.15) is 20.3 Å². The van der Waals surface area contributed by atoms with E-state index in [0.29, 0.717) is 0 Å². The van der Waals surface area contributed by atoms with Gasteiger partial charge in [-0.15, -0.1) is 0 Å². The number of halogens is 1. The third-order valence-corrected chi connectivity index (χ3v) is 1.56. The zero-order chi connectivity index (χ0) is 5.70. The second kappa shape index (κ2) is 4.84. The van der Waals surface area contributed by atoms with Gasteiger partial charge in [-0.2, -0.15) is 0 Å². The summed E-state index contributed by atoms with van der Waals surface area (Å²) in [7, 11) is 0. The number of nitrogens with one attached hydrogen (secondary N) is 1. The van der Waals surface area contributed by atoms with Crippen molar-refractivity contribution in [3.05, 3.63) is 0 Å². The van der Waals surface area contributed by atoms with E-state index in [2.05, 4.69) is 40.2 Å². The summed E-state index contributed by atoms with van der Waals surface area (Å²) in [5.41, 5.74) is 0. The molecule has 0 fully saturated rings. The zero-order valence-electron chi connectivity index (χ0n) is 4.87. The molecule has 0 spiro atoms. The molecule has 1 nitrogen and oxygen atoms in total. The Morgan fingerprint density at radius 2 is 2.29 bits per heavy atom. The molecule has 0 aliphatic rings. The molecule has 0 aromatic heterocycles. The van der Waals surface area contributed by atoms with Crippen molar-refractivity contribution in [1.82, 2.24) is 3.53 Å². The van der Waals surface area contributed by atoms with Gasteiger partial charge in [-0.25, -0.2) is 0 Å². The Kier molecular flexibility index (Phi) is 5.32. The Morgan fingerprint density at radius 1 is 1.71 bits per heavy atom. The fourth-order valence-corrected chi connectivity index (χ4v) is 1.03. The molecule has 0 saturated heterocycles. The van der Waals surface area contributed by atoms with Gasteiger partial charge in [-0.05, 0) is 5.92 Å². The maximum Gasteiger partial charge on any atom is 0.0169 e. The average molecular weight is 213 g/mol. The molecule has 0 radical (unpaired) electrons. The normalized spacial score (nSPS) is 14.1. The van der Waals surface area contributed by atoms with Crippen LogP contribution in [0.5, 0.6) is 0 Å². The van der Waals surface area contributed by atoms with Gasteiger partial charge >= 0.3 is 0 Å². The van der Waals surface area contributed by atoms with Crippen molar-refractivity contribution in [3.8, 4) is 0 Å². The Hall–Kier alpha value is 0.690. The predicted molar refractivity (Wildman–Crippen MR) is 41.5 cm³/mol. The summed E-state index contributed by atoms with van der Waals surface area (Å²) < 4.78 is 3.09. The molecule has 1 unspecified atom stereocenters. The number of hydrogen-bond acceptors (Lipinski definition) is 1. The van der Waals surface area contributed by atoms with Crippen molar-refractivity contribution < 1.29 is 0 Å². The fourth-order valence-electron chi connectivity index (χ4n) is 0.276. The zero-order valence-corrected chi connectivity index (χ0v) is 7.03. The third kappa shape index (κ3) is 4.55. The maximum atomic E-state index is 3.09. The van der Waals surface area contributed by atoms with Crippen LogP contribution >= 0.6 is 22.9 Å². The van der Waals surface area contributed by atoms with Crippen LogP contribution in [0.4, 0.5) is 0 Å². The highest BCUT2D eigenvalue weighted by Crippen LogP contribution is 1.97. The summed E-state index contributed by atoms with van der Waals surface area (Å²) >= 11 is 2.18. The highest BCUT2D eigenvalue weighted by atomic mass is 127. The molecule has 0 aliphatic carbocycles. The van der Waals surface area contributed by atoms with Gasteiger partial charge in [0, 0.05) is 29.4 Å². The summed E-state index contributed by atoms with van der Waals surface area (Å²) in [5.74, 6) is 0.830. The van der Waals surface area contributed by atoms with Crippen molar-refractivity contribution in [2.24, 2.45) is 5.92 Å². The Labute approximate surface area is 59.4 Å². The molecule has 0 aromatic carbocycles. The summed E-state index contributed by atoms with van der Waals surface area (Å²) in [5, 5.41) is 0. The molecule has 44 valence electrons. The van der Waals surface area contributed by atoms with Gasteiger partial charge < -0.3 is 0 Å². The lowest BCUT2D eigenvalue weighted by molar-refractivity contribution is 0.565. The van der Waals surface area contributed by atoms with Gasteiger partial charge in [0.15, 0.2) is 0 Å². The Morgan fingerprint density at radius 3 is 2.43 bits per heavy atom. The molecule has 1 N–H and O–H groups in total. The SMILES string of the molecule is CCC(C)CNI.